The van der Waals surface area contributed by atoms with Crippen LogP contribution in [0.2, 0.25) is 0 Å². The van der Waals surface area contributed by atoms with E-state index in [1.54, 1.807) is 6.26 Å². The lowest BCUT2D eigenvalue weighted by Gasteiger charge is -1.90. The van der Waals surface area contributed by atoms with Crippen LogP contribution in [-0.2, 0) is 6.42 Å². The minimum absolute atomic E-state index is 0.987. The second kappa shape index (κ2) is 3.33. The molecule has 1 heteroatoms. The summed E-state index contributed by atoms with van der Waals surface area (Å²) >= 11 is 0. The maximum Gasteiger partial charge on any atom is 0.103 e. The third-order valence-electron chi connectivity index (χ3n) is 1.25. The van der Waals surface area contributed by atoms with Gasteiger partial charge < -0.3 is 4.42 Å². The minimum Gasteiger partial charge on any atom is -0.469 e. The van der Waals surface area contributed by atoms with Gasteiger partial charge in [0.15, 0.2) is 0 Å². The van der Waals surface area contributed by atoms with E-state index in [4.69, 9.17) is 4.42 Å². The summed E-state index contributed by atoms with van der Waals surface area (Å²) in [5.41, 5.74) is 0. The van der Waals surface area contributed by atoms with E-state index < -0.39 is 0 Å². The number of rotatable bonds is 3. The molecule has 1 aromatic rings. The highest BCUT2D eigenvalue weighted by atomic mass is 16.3. The lowest BCUT2D eigenvalue weighted by atomic mass is 10.2. The van der Waals surface area contributed by atoms with Gasteiger partial charge in [-0.15, -0.1) is 0 Å². The predicted octanol–water partition coefficient (Wildman–Crippen LogP) is 2.44. The van der Waals surface area contributed by atoms with Crippen LogP contribution < -0.4 is 0 Å². The summed E-state index contributed by atoms with van der Waals surface area (Å²) in [5.74, 6) is 1.07. The highest BCUT2D eigenvalue weighted by molar-refractivity contribution is 4.97. The Labute approximate surface area is 55.7 Å². The summed E-state index contributed by atoms with van der Waals surface area (Å²) in [6, 6.07) is 3.91. The maximum absolute atomic E-state index is 5.11. The van der Waals surface area contributed by atoms with Crippen LogP contribution in [0.25, 0.3) is 0 Å². The van der Waals surface area contributed by atoms with Gasteiger partial charge in [-0.3, -0.25) is 0 Å². The van der Waals surface area contributed by atoms with Crippen molar-refractivity contribution in [3.8, 4) is 0 Å². The van der Waals surface area contributed by atoms with Crippen LogP contribution in [0.3, 0.4) is 0 Å². The molecule has 1 rings (SSSR count). The summed E-state index contributed by atoms with van der Waals surface area (Å²) in [4.78, 5) is 0. The molecule has 0 saturated heterocycles. The van der Waals surface area contributed by atoms with Gasteiger partial charge in [0.05, 0.1) is 6.26 Å². The largest absolute Gasteiger partial charge is 0.469 e. The highest BCUT2D eigenvalue weighted by Crippen LogP contribution is 2.04. The lowest BCUT2D eigenvalue weighted by Crippen LogP contribution is -1.78. The molecular formula is C8H11O. The van der Waals surface area contributed by atoms with Crippen molar-refractivity contribution in [2.24, 2.45) is 0 Å². The summed E-state index contributed by atoms with van der Waals surface area (Å²) < 4.78 is 5.11. The molecule has 1 heterocycles. The SMILES string of the molecule is [CH2]CCCc1ccco1. The first kappa shape index (κ1) is 6.40. The first-order valence-corrected chi connectivity index (χ1v) is 3.25. The fourth-order valence-electron chi connectivity index (χ4n) is 0.754. The fraction of sp³-hybridized carbons (Fsp3) is 0.375. The van der Waals surface area contributed by atoms with Gasteiger partial charge in [0.25, 0.3) is 0 Å². The Kier molecular flexibility index (Phi) is 2.37. The molecule has 0 fully saturated rings. The van der Waals surface area contributed by atoms with Gasteiger partial charge in [-0.2, -0.15) is 0 Å². The van der Waals surface area contributed by atoms with Crippen molar-refractivity contribution in [3.05, 3.63) is 31.1 Å². The molecule has 0 unspecified atom stereocenters. The zero-order valence-corrected chi connectivity index (χ0v) is 5.47. The van der Waals surface area contributed by atoms with Crippen molar-refractivity contribution in [1.29, 1.82) is 0 Å². The smallest absolute Gasteiger partial charge is 0.103 e. The highest BCUT2D eigenvalue weighted by Gasteiger charge is 1.91. The van der Waals surface area contributed by atoms with Crippen molar-refractivity contribution < 1.29 is 4.42 Å². The number of hydrogen-bond acceptors (Lipinski definition) is 1. The van der Waals surface area contributed by atoms with Crippen LogP contribution in [0, 0.1) is 6.92 Å². The van der Waals surface area contributed by atoms with Gasteiger partial charge in [-0.25, -0.2) is 0 Å². The molecule has 0 aromatic carbocycles. The van der Waals surface area contributed by atoms with Gasteiger partial charge in [0, 0.05) is 6.42 Å². The van der Waals surface area contributed by atoms with Crippen molar-refractivity contribution in [3.63, 3.8) is 0 Å². The molecule has 49 valence electrons. The van der Waals surface area contributed by atoms with E-state index in [1.165, 1.54) is 0 Å². The van der Waals surface area contributed by atoms with Crippen molar-refractivity contribution >= 4 is 0 Å². The summed E-state index contributed by atoms with van der Waals surface area (Å²) in [6.07, 6.45) is 4.84. The Balaban J connectivity index is 2.30. The number of furan rings is 1. The van der Waals surface area contributed by atoms with Gasteiger partial charge in [0.2, 0.25) is 0 Å². The van der Waals surface area contributed by atoms with Gasteiger partial charge >= 0.3 is 0 Å². The van der Waals surface area contributed by atoms with Gasteiger partial charge in [-0.05, 0) is 18.6 Å². The Hall–Kier alpha value is -0.720. The maximum atomic E-state index is 5.11. The minimum atomic E-state index is 0.987. The molecule has 0 saturated carbocycles. The molecule has 0 aliphatic heterocycles. The summed E-state index contributed by atoms with van der Waals surface area (Å²) in [7, 11) is 0. The predicted molar refractivity (Wildman–Crippen MR) is 37.0 cm³/mol. The van der Waals surface area contributed by atoms with Crippen molar-refractivity contribution in [2.45, 2.75) is 19.3 Å². The molecule has 1 aromatic heterocycles. The zero-order valence-electron chi connectivity index (χ0n) is 5.47. The second-order valence-corrected chi connectivity index (χ2v) is 2.04. The summed E-state index contributed by atoms with van der Waals surface area (Å²) in [5, 5.41) is 0. The topological polar surface area (TPSA) is 13.1 Å². The molecule has 9 heavy (non-hydrogen) atoms. The van der Waals surface area contributed by atoms with E-state index in [0.717, 1.165) is 25.0 Å². The van der Waals surface area contributed by atoms with Gasteiger partial charge in [-0.1, -0.05) is 13.3 Å². The van der Waals surface area contributed by atoms with Crippen LogP contribution in [0.4, 0.5) is 0 Å². The average Bonchev–Trinajstić information content (AvgIpc) is 2.34. The molecule has 1 radical (unpaired) electrons. The van der Waals surface area contributed by atoms with E-state index in [0.29, 0.717) is 0 Å². The first-order valence-electron chi connectivity index (χ1n) is 3.25. The zero-order chi connectivity index (χ0) is 6.53. The van der Waals surface area contributed by atoms with Crippen molar-refractivity contribution in [1.82, 2.24) is 0 Å². The molecule has 1 nitrogen and oxygen atoms in total. The van der Waals surface area contributed by atoms with Crippen LogP contribution in [0.5, 0.6) is 0 Å². The van der Waals surface area contributed by atoms with E-state index in [1.807, 2.05) is 12.1 Å². The molecule has 0 bridgehead atoms. The standard InChI is InChI=1S/C8H11O/c1-2-3-5-8-6-4-7-9-8/h4,6-7H,1-3,5H2. The molecule has 0 amide bonds. The van der Waals surface area contributed by atoms with E-state index in [9.17, 15) is 0 Å². The molecule has 0 aliphatic carbocycles. The van der Waals surface area contributed by atoms with Crippen LogP contribution >= 0.6 is 0 Å². The van der Waals surface area contributed by atoms with Gasteiger partial charge in [0.1, 0.15) is 5.76 Å². The Morgan fingerprint density at radius 2 is 2.44 bits per heavy atom. The molecular weight excluding hydrogens is 112 g/mol. The van der Waals surface area contributed by atoms with E-state index in [2.05, 4.69) is 6.92 Å². The van der Waals surface area contributed by atoms with E-state index >= 15 is 0 Å². The van der Waals surface area contributed by atoms with E-state index in [-0.39, 0.29) is 0 Å². The first-order chi connectivity index (χ1) is 4.43. The Bertz CT molecular complexity index is 142. The normalized spacial score (nSPS) is 9.89. The molecule has 0 atom stereocenters. The van der Waals surface area contributed by atoms with Crippen LogP contribution in [0.15, 0.2) is 22.8 Å². The third-order valence-corrected chi connectivity index (χ3v) is 1.25. The van der Waals surface area contributed by atoms with Crippen molar-refractivity contribution in [2.75, 3.05) is 0 Å². The molecule has 0 spiro atoms. The summed E-state index contributed by atoms with van der Waals surface area (Å²) in [6.45, 7) is 3.74. The number of unbranched alkanes of at least 4 members (excludes halogenated alkanes) is 1. The quantitative estimate of drug-likeness (QED) is 0.601. The molecule has 0 N–H and O–H groups in total. The monoisotopic (exact) mass is 123 g/mol. The van der Waals surface area contributed by atoms with Crippen LogP contribution in [-0.4, -0.2) is 0 Å². The second-order valence-electron chi connectivity index (χ2n) is 2.04. The Morgan fingerprint density at radius 3 is 3.00 bits per heavy atom. The fourth-order valence-corrected chi connectivity index (χ4v) is 0.754. The third kappa shape index (κ3) is 1.92. The Morgan fingerprint density at radius 1 is 1.56 bits per heavy atom. The van der Waals surface area contributed by atoms with Crippen LogP contribution in [0.1, 0.15) is 18.6 Å². The number of aryl methyl sites for hydroxylation is 1. The number of hydrogen-bond donors (Lipinski definition) is 0. The lowest BCUT2D eigenvalue weighted by molar-refractivity contribution is 0.502. The molecule has 0 aliphatic rings. The average molecular weight is 123 g/mol.